The number of nitrogens with two attached hydrogens (primary N) is 1. The van der Waals surface area contributed by atoms with Gasteiger partial charge in [-0.05, 0) is 30.5 Å². The molecule has 1 aromatic carbocycles. The third kappa shape index (κ3) is 1.23. The van der Waals surface area contributed by atoms with Gasteiger partial charge in [-0.15, -0.1) is 0 Å². The van der Waals surface area contributed by atoms with Crippen molar-refractivity contribution in [3.63, 3.8) is 0 Å². The summed E-state index contributed by atoms with van der Waals surface area (Å²) in [6.45, 7) is 1.78. The molecule has 2 atom stereocenters. The van der Waals surface area contributed by atoms with Crippen LogP contribution in [0.1, 0.15) is 23.5 Å². The van der Waals surface area contributed by atoms with Crippen molar-refractivity contribution in [1.82, 2.24) is 0 Å². The highest BCUT2D eigenvalue weighted by atomic mass is 19.1. The molecule has 0 aliphatic heterocycles. The number of hydrogen-bond acceptors (Lipinski definition) is 1. The molecule has 0 amide bonds. The van der Waals surface area contributed by atoms with Crippen LogP contribution in [0.25, 0.3) is 0 Å². The lowest BCUT2D eigenvalue weighted by Crippen LogP contribution is -2.01. The van der Waals surface area contributed by atoms with Gasteiger partial charge < -0.3 is 5.73 Å². The third-order valence-electron chi connectivity index (χ3n) is 2.45. The van der Waals surface area contributed by atoms with Gasteiger partial charge in [0, 0.05) is 12.0 Å². The topological polar surface area (TPSA) is 26.0 Å². The predicted octanol–water partition coefficient (Wildman–Crippen LogP) is 1.95. The smallest absolute Gasteiger partial charge is 0.126 e. The first kappa shape index (κ1) is 7.74. The Hall–Kier alpha value is -0.890. The van der Waals surface area contributed by atoms with Crippen molar-refractivity contribution in [2.24, 2.45) is 5.73 Å². The van der Waals surface area contributed by atoms with Crippen molar-refractivity contribution in [2.45, 2.75) is 25.3 Å². The summed E-state index contributed by atoms with van der Waals surface area (Å²) in [5.74, 6) is 0.345. The minimum absolute atomic E-state index is 0.132. The summed E-state index contributed by atoms with van der Waals surface area (Å²) in [6.07, 6.45) is 1.05. The van der Waals surface area contributed by atoms with E-state index in [-0.39, 0.29) is 5.82 Å². The van der Waals surface area contributed by atoms with Crippen molar-refractivity contribution >= 4 is 0 Å². The molecule has 0 bridgehead atoms. The molecule has 1 aliphatic rings. The highest BCUT2D eigenvalue weighted by Gasteiger charge is 2.34. The summed E-state index contributed by atoms with van der Waals surface area (Å²) in [5.41, 5.74) is 7.59. The Morgan fingerprint density at radius 1 is 1.50 bits per heavy atom. The SMILES string of the molecule is Cc1cc([C@@H]2C[C@H]2N)ccc1F. The Balaban J connectivity index is 2.29. The zero-order valence-electron chi connectivity index (χ0n) is 7.05. The van der Waals surface area contributed by atoms with Gasteiger partial charge in [0.2, 0.25) is 0 Å². The molecule has 0 saturated heterocycles. The fourth-order valence-corrected chi connectivity index (χ4v) is 1.50. The van der Waals surface area contributed by atoms with Gasteiger partial charge in [-0.1, -0.05) is 12.1 Å². The van der Waals surface area contributed by atoms with Gasteiger partial charge in [0.05, 0.1) is 0 Å². The number of benzene rings is 1. The summed E-state index contributed by atoms with van der Waals surface area (Å²) in [7, 11) is 0. The minimum Gasteiger partial charge on any atom is -0.327 e. The highest BCUT2D eigenvalue weighted by molar-refractivity contribution is 5.31. The summed E-state index contributed by atoms with van der Waals surface area (Å²) in [5, 5.41) is 0. The molecule has 2 heteroatoms. The number of halogens is 1. The normalized spacial score (nSPS) is 27.2. The molecule has 0 heterocycles. The first-order chi connectivity index (χ1) is 5.68. The maximum absolute atomic E-state index is 12.8. The molecule has 0 spiro atoms. The zero-order chi connectivity index (χ0) is 8.72. The maximum atomic E-state index is 12.8. The average Bonchev–Trinajstić information content (AvgIpc) is 2.73. The first-order valence-electron chi connectivity index (χ1n) is 4.20. The second-order valence-electron chi connectivity index (χ2n) is 3.51. The van der Waals surface area contributed by atoms with Crippen molar-refractivity contribution in [1.29, 1.82) is 0 Å². The van der Waals surface area contributed by atoms with E-state index in [4.69, 9.17) is 5.73 Å². The van der Waals surface area contributed by atoms with Crippen LogP contribution >= 0.6 is 0 Å². The van der Waals surface area contributed by atoms with E-state index >= 15 is 0 Å². The van der Waals surface area contributed by atoms with Gasteiger partial charge in [0.15, 0.2) is 0 Å². The monoisotopic (exact) mass is 165 g/mol. The molecule has 0 radical (unpaired) electrons. The Labute approximate surface area is 71.4 Å². The molecule has 1 fully saturated rings. The number of rotatable bonds is 1. The Kier molecular flexibility index (Phi) is 1.65. The summed E-state index contributed by atoms with van der Waals surface area (Å²) in [4.78, 5) is 0. The molecule has 12 heavy (non-hydrogen) atoms. The molecular formula is C10H12FN. The molecule has 1 saturated carbocycles. The minimum atomic E-state index is -0.132. The molecule has 2 rings (SSSR count). The van der Waals surface area contributed by atoms with E-state index in [1.165, 1.54) is 11.6 Å². The second kappa shape index (κ2) is 2.56. The van der Waals surface area contributed by atoms with Gasteiger partial charge in [0.1, 0.15) is 5.82 Å². The van der Waals surface area contributed by atoms with Crippen LogP contribution in [0.2, 0.25) is 0 Å². The van der Waals surface area contributed by atoms with Crippen molar-refractivity contribution in [3.8, 4) is 0 Å². The maximum Gasteiger partial charge on any atom is 0.126 e. The van der Waals surface area contributed by atoms with Gasteiger partial charge >= 0.3 is 0 Å². The summed E-state index contributed by atoms with van der Waals surface area (Å²) < 4.78 is 12.8. The summed E-state index contributed by atoms with van der Waals surface area (Å²) in [6, 6.07) is 5.55. The second-order valence-corrected chi connectivity index (χ2v) is 3.51. The van der Waals surface area contributed by atoms with Crippen molar-refractivity contribution in [2.75, 3.05) is 0 Å². The lowest BCUT2D eigenvalue weighted by Gasteiger charge is -2.00. The standard InChI is InChI=1S/C10H12FN/c1-6-4-7(2-3-9(6)11)8-5-10(8)12/h2-4,8,10H,5,12H2,1H3/t8-,10+/m0/s1. The number of hydrogen-bond donors (Lipinski definition) is 1. The van der Waals surface area contributed by atoms with Crippen LogP contribution in [-0.2, 0) is 0 Å². The van der Waals surface area contributed by atoms with Gasteiger partial charge in [-0.2, -0.15) is 0 Å². The van der Waals surface area contributed by atoms with Crippen LogP contribution in [-0.4, -0.2) is 6.04 Å². The lowest BCUT2D eigenvalue weighted by molar-refractivity contribution is 0.617. The molecule has 0 unspecified atom stereocenters. The molecular weight excluding hydrogens is 153 g/mol. The van der Waals surface area contributed by atoms with Crippen LogP contribution in [0.4, 0.5) is 4.39 Å². The molecule has 1 nitrogen and oxygen atoms in total. The first-order valence-corrected chi connectivity index (χ1v) is 4.20. The van der Waals surface area contributed by atoms with E-state index in [9.17, 15) is 4.39 Å². The van der Waals surface area contributed by atoms with Crippen molar-refractivity contribution in [3.05, 3.63) is 35.1 Å². The third-order valence-corrected chi connectivity index (χ3v) is 2.45. The van der Waals surface area contributed by atoms with E-state index in [2.05, 4.69) is 0 Å². The fourth-order valence-electron chi connectivity index (χ4n) is 1.50. The molecule has 2 N–H and O–H groups in total. The fraction of sp³-hybridized carbons (Fsp3) is 0.400. The van der Waals surface area contributed by atoms with E-state index in [0.717, 1.165) is 6.42 Å². The molecule has 64 valence electrons. The molecule has 1 aliphatic carbocycles. The van der Waals surface area contributed by atoms with Gasteiger partial charge in [-0.3, -0.25) is 0 Å². The molecule has 1 aromatic rings. The lowest BCUT2D eigenvalue weighted by atomic mass is 10.1. The van der Waals surface area contributed by atoms with Crippen molar-refractivity contribution < 1.29 is 4.39 Å². The Morgan fingerprint density at radius 2 is 2.17 bits per heavy atom. The van der Waals surface area contributed by atoms with E-state index in [0.29, 0.717) is 17.5 Å². The van der Waals surface area contributed by atoms with E-state index in [1.807, 2.05) is 12.1 Å². The Morgan fingerprint density at radius 3 is 2.67 bits per heavy atom. The van der Waals surface area contributed by atoms with Crippen LogP contribution in [0.5, 0.6) is 0 Å². The highest BCUT2D eigenvalue weighted by Crippen LogP contribution is 2.39. The summed E-state index contributed by atoms with van der Waals surface area (Å²) >= 11 is 0. The van der Waals surface area contributed by atoms with E-state index < -0.39 is 0 Å². The molecule has 0 aromatic heterocycles. The quantitative estimate of drug-likeness (QED) is 0.676. The van der Waals surface area contributed by atoms with Crippen LogP contribution < -0.4 is 5.73 Å². The van der Waals surface area contributed by atoms with Gasteiger partial charge in [-0.25, -0.2) is 4.39 Å². The van der Waals surface area contributed by atoms with Crippen LogP contribution in [0, 0.1) is 12.7 Å². The zero-order valence-corrected chi connectivity index (χ0v) is 7.05. The largest absolute Gasteiger partial charge is 0.327 e. The van der Waals surface area contributed by atoms with Gasteiger partial charge in [0.25, 0.3) is 0 Å². The average molecular weight is 165 g/mol. The predicted molar refractivity (Wildman–Crippen MR) is 46.5 cm³/mol. The van der Waals surface area contributed by atoms with Crippen LogP contribution in [0.15, 0.2) is 18.2 Å². The van der Waals surface area contributed by atoms with Crippen LogP contribution in [0.3, 0.4) is 0 Å². The van der Waals surface area contributed by atoms with E-state index in [1.54, 1.807) is 6.92 Å². The Bertz CT molecular complexity index is 309. The number of aryl methyl sites for hydroxylation is 1.